The first-order valence-electron chi connectivity index (χ1n) is 28.1. The molecule has 1 aliphatic heterocycles. The fourth-order valence-electron chi connectivity index (χ4n) is 8.68. The van der Waals surface area contributed by atoms with Crippen LogP contribution in [0.2, 0.25) is 0 Å². The molecule has 0 aliphatic carbocycles. The van der Waals surface area contributed by atoms with E-state index in [1.807, 2.05) is 0 Å². The quantitative estimate of drug-likeness (QED) is 0.0267. The molecule has 1 heterocycles. The van der Waals surface area contributed by atoms with Crippen LogP contribution in [0.25, 0.3) is 0 Å². The molecule has 6 unspecified atom stereocenters. The summed E-state index contributed by atoms with van der Waals surface area (Å²) in [4.78, 5) is 12.9. The lowest BCUT2D eigenvalue weighted by Gasteiger charge is -2.39. The maximum absolute atomic E-state index is 12.9. The van der Waals surface area contributed by atoms with E-state index in [0.717, 1.165) is 44.9 Å². The lowest BCUT2D eigenvalue weighted by Crippen LogP contribution is -2.59. The minimum Gasteiger partial charge on any atom is -0.457 e. The van der Waals surface area contributed by atoms with Gasteiger partial charge in [-0.15, -0.1) is 0 Å². The summed E-state index contributed by atoms with van der Waals surface area (Å²) in [6.45, 7) is 4.59. The fourth-order valence-corrected chi connectivity index (χ4v) is 8.68. The number of allylic oxidation sites excluding steroid dienone is 6. The van der Waals surface area contributed by atoms with E-state index in [9.17, 15) is 25.2 Å². The second-order valence-electron chi connectivity index (χ2n) is 19.4. The van der Waals surface area contributed by atoms with E-state index in [1.165, 1.54) is 193 Å². The van der Waals surface area contributed by atoms with Gasteiger partial charge in [-0.1, -0.05) is 237 Å². The zero-order valence-electron chi connectivity index (χ0n) is 43.0. The summed E-state index contributed by atoms with van der Waals surface area (Å²) in [5.41, 5.74) is 0. The van der Waals surface area contributed by atoms with Gasteiger partial charge in [0, 0.05) is 13.0 Å². The number of esters is 1. The Labute approximate surface area is 406 Å². The molecule has 0 bridgehead atoms. The van der Waals surface area contributed by atoms with Crippen molar-refractivity contribution in [3.63, 3.8) is 0 Å². The van der Waals surface area contributed by atoms with Gasteiger partial charge in [0.25, 0.3) is 0 Å². The molecule has 0 saturated carbocycles. The fraction of sp³-hybridized carbons (Fsp3) is 0.877. The monoisotopic (exact) mass is 935 g/mol. The Kier molecular flexibility index (Phi) is 45.8. The van der Waals surface area contributed by atoms with Crippen LogP contribution in [0.3, 0.4) is 0 Å². The summed E-state index contributed by atoms with van der Waals surface area (Å²) in [5, 5.41) is 40.3. The van der Waals surface area contributed by atoms with Crippen LogP contribution in [-0.4, -0.2) is 89.6 Å². The van der Waals surface area contributed by atoms with Gasteiger partial charge in [-0.3, -0.25) is 4.79 Å². The Hall–Kier alpha value is -1.59. The Morgan fingerprint density at radius 2 is 0.879 bits per heavy atom. The topological polar surface area (TPSA) is 135 Å². The van der Waals surface area contributed by atoms with Crippen molar-refractivity contribution in [2.75, 3.05) is 26.4 Å². The van der Waals surface area contributed by atoms with E-state index in [0.29, 0.717) is 13.0 Å². The molecule has 66 heavy (non-hydrogen) atoms. The van der Waals surface area contributed by atoms with Crippen molar-refractivity contribution in [1.82, 2.24) is 0 Å². The molecule has 0 radical (unpaired) electrons. The van der Waals surface area contributed by atoms with Gasteiger partial charge in [0.05, 0.1) is 19.8 Å². The molecule has 0 aromatic heterocycles. The van der Waals surface area contributed by atoms with E-state index in [4.69, 9.17) is 18.9 Å². The Balaban J connectivity index is 2.15. The molecule has 1 rings (SSSR count). The molecule has 1 aliphatic rings. The number of ether oxygens (including phenoxy) is 4. The smallest absolute Gasteiger partial charge is 0.306 e. The molecular formula is C57H106O9. The zero-order chi connectivity index (χ0) is 47.8. The number of aliphatic hydroxyl groups is 4. The van der Waals surface area contributed by atoms with E-state index >= 15 is 0 Å². The van der Waals surface area contributed by atoms with Crippen molar-refractivity contribution in [2.45, 2.75) is 295 Å². The number of aliphatic hydroxyl groups excluding tert-OH is 4. The molecule has 0 amide bonds. The van der Waals surface area contributed by atoms with Gasteiger partial charge in [-0.25, -0.2) is 0 Å². The van der Waals surface area contributed by atoms with E-state index in [2.05, 4.69) is 50.3 Å². The number of carbonyl (C=O) groups is 1. The number of rotatable bonds is 49. The Morgan fingerprint density at radius 3 is 1.32 bits per heavy atom. The number of carbonyl (C=O) groups excluding carboxylic acids is 1. The second kappa shape index (κ2) is 48.4. The number of hydrogen-bond donors (Lipinski definition) is 4. The molecular weight excluding hydrogens is 829 g/mol. The second-order valence-corrected chi connectivity index (χ2v) is 19.4. The third-order valence-electron chi connectivity index (χ3n) is 13.1. The third-order valence-corrected chi connectivity index (χ3v) is 13.1. The van der Waals surface area contributed by atoms with Crippen LogP contribution in [-0.2, 0) is 23.7 Å². The summed E-state index contributed by atoms with van der Waals surface area (Å²) in [5.74, 6) is -0.310. The van der Waals surface area contributed by atoms with Gasteiger partial charge in [0.2, 0.25) is 0 Å². The van der Waals surface area contributed by atoms with Crippen molar-refractivity contribution in [1.29, 1.82) is 0 Å². The highest BCUT2D eigenvalue weighted by Gasteiger charge is 2.44. The van der Waals surface area contributed by atoms with Crippen molar-refractivity contribution in [2.24, 2.45) is 0 Å². The molecule has 0 aromatic rings. The van der Waals surface area contributed by atoms with Crippen LogP contribution in [0.1, 0.15) is 258 Å². The third kappa shape index (κ3) is 38.3. The van der Waals surface area contributed by atoms with Gasteiger partial charge in [-0.05, 0) is 51.4 Å². The summed E-state index contributed by atoms with van der Waals surface area (Å²) in [7, 11) is 0. The average Bonchev–Trinajstić information content (AvgIpc) is 3.32. The highest BCUT2D eigenvalue weighted by atomic mass is 16.7. The van der Waals surface area contributed by atoms with Crippen LogP contribution < -0.4 is 0 Å². The zero-order valence-corrected chi connectivity index (χ0v) is 43.0. The first-order valence-corrected chi connectivity index (χ1v) is 28.1. The van der Waals surface area contributed by atoms with E-state index in [1.54, 1.807) is 0 Å². The lowest BCUT2D eigenvalue weighted by molar-refractivity contribution is -0.305. The first-order chi connectivity index (χ1) is 32.4. The first kappa shape index (κ1) is 62.4. The summed E-state index contributed by atoms with van der Waals surface area (Å²) in [6.07, 6.45) is 53.3. The average molecular weight is 935 g/mol. The number of hydrogen-bond acceptors (Lipinski definition) is 9. The van der Waals surface area contributed by atoms with Crippen LogP contribution in [0, 0.1) is 0 Å². The summed E-state index contributed by atoms with van der Waals surface area (Å²) < 4.78 is 23.0. The Bertz CT molecular complexity index is 1110. The maximum Gasteiger partial charge on any atom is 0.306 e. The largest absolute Gasteiger partial charge is 0.457 e. The molecule has 1 fully saturated rings. The van der Waals surface area contributed by atoms with Crippen LogP contribution in [0.5, 0.6) is 0 Å². The molecule has 9 nitrogen and oxygen atoms in total. The highest BCUT2D eigenvalue weighted by molar-refractivity contribution is 5.69. The van der Waals surface area contributed by atoms with E-state index < -0.39 is 43.4 Å². The van der Waals surface area contributed by atoms with Gasteiger partial charge in [0.1, 0.15) is 30.5 Å². The molecule has 388 valence electrons. The summed E-state index contributed by atoms with van der Waals surface area (Å²) >= 11 is 0. The molecule has 4 N–H and O–H groups in total. The Morgan fingerprint density at radius 1 is 0.485 bits per heavy atom. The molecule has 9 heteroatoms. The van der Waals surface area contributed by atoms with Crippen molar-refractivity contribution in [3.05, 3.63) is 36.5 Å². The van der Waals surface area contributed by atoms with Gasteiger partial charge in [0.15, 0.2) is 6.29 Å². The summed E-state index contributed by atoms with van der Waals surface area (Å²) in [6, 6.07) is 0. The lowest BCUT2D eigenvalue weighted by atomic mass is 9.99. The van der Waals surface area contributed by atoms with Crippen LogP contribution in [0.4, 0.5) is 0 Å². The molecule has 0 spiro atoms. The van der Waals surface area contributed by atoms with Gasteiger partial charge >= 0.3 is 5.97 Å². The highest BCUT2D eigenvalue weighted by Crippen LogP contribution is 2.23. The minimum absolute atomic E-state index is 0.111. The van der Waals surface area contributed by atoms with Gasteiger partial charge in [-0.2, -0.15) is 0 Å². The van der Waals surface area contributed by atoms with Crippen molar-refractivity contribution >= 4 is 5.97 Å². The van der Waals surface area contributed by atoms with Crippen molar-refractivity contribution < 1.29 is 44.2 Å². The molecule has 1 saturated heterocycles. The standard InChI is InChI=1S/C57H106O9/c1-3-5-7-9-11-13-15-17-19-21-22-23-24-25-26-27-28-29-31-33-35-37-39-41-43-45-47-63-49-51(50-64-57-56(62)55(61)54(60)52(48-58)66-57)65-53(59)46-44-42-40-38-36-34-32-30-20-18-16-14-12-10-8-6-4-2/h15,17,21-22,24-25,51-52,54-58,60-62H,3-14,16,18-20,23,26-50H2,1-2H3/b17-15-,22-21-,25-24-. The SMILES string of the molecule is CCCCCCC/C=C\C/C=C\C/C=C\CCCCCCCCCCCCCOCC(COC1OC(CO)C(O)C(O)C1O)OC(=O)CCCCCCCCCCCCCCCCCCC. The normalized spacial score (nSPS) is 19.5. The van der Waals surface area contributed by atoms with Crippen molar-refractivity contribution in [3.8, 4) is 0 Å². The molecule has 0 aromatic carbocycles. The van der Waals surface area contributed by atoms with Gasteiger partial charge < -0.3 is 39.4 Å². The number of unbranched alkanes of at least 4 members (excludes halogenated alkanes) is 32. The van der Waals surface area contributed by atoms with E-state index in [-0.39, 0.29) is 19.2 Å². The maximum atomic E-state index is 12.9. The molecule has 6 atom stereocenters. The van der Waals surface area contributed by atoms with Crippen LogP contribution >= 0.6 is 0 Å². The predicted molar refractivity (Wildman–Crippen MR) is 275 cm³/mol. The minimum atomic E-state index is -1.54. The predicted octanol–water partition coefficient (Wildman–Crippen LogP) is 14.3. The van der Waals surface area contributed by atoms with Crippen LogP contribution in [0.15, 0.2) is 36.5 Å².